The molecule has 308 valence electrons. The lowest BCUT2D eigenvalue weighted by Gasteiger charge is -2.42. The molecule has 4 N–H and O–H groups in total. The lowest BCUT2D eigenvalue weighted by molar-refractivity contribution is -0.133. The van der Waals surface area contributed by atoms with Gasteiger partial charge in [0.25, 0.3) is 0 Å². The number of hydrogen-bond acceptors (Lipinski definition) is 11. The van der Waals surface area contributed by atoms with Gasteiger partial charge in [0.05, 0.1) is 18.5 Å². The van der Waals surface area contributed by atoms with Gasteiger partial charge < -0.3 is 30.5 Å². The maximum Gasteiger partial charge on any atom is 0.414 e. The monoisotopic (exact) mass is 799 g/mol. The smallest absolute Gasteiger partial charge is 0.414 e. The third-order valence-electron chi connectivity index (χ3n) is 12.3. The van der Waals surface area contributed by atoms with Gasteiger partial charge in [-0.3, -0.25) is 24.6 Å². The van der Waals surface area contributed by atoms with Gasteiger partial charge in [0.15, 0.2) is 5.82 Å². The molecule has 58 heavy (non-hydrogen) atoms. The number of hydrogen-bond donors (Lipinski definition) is 4. The molecule has 16 heteroatoms. The number of halogens is 2. The first-order chi connectivity index (χ1) is 28.2. The average Bonchev–Trinajstić information content (AvgIpc) is 3.24. The highest BCUT2D eigenvalue weighted by molar-refractivity contribution is 6.01. The quantitative estimate of drug-likeness (QED) is 0.200. The van der Waals surface area contributed by atoms with Gasteiger partial charge in [-0.2, -0.15) is 0 Å². The SMILES string of the molecule is O=C1CCC(Nc2ccc(N3CCC(N4CCC(C(=O)N[C@H]5CC[C@H](Nc6ncc(F)c(-c7cccc(N8CCCOC8=O)c7)n6)CC5)CC4)CC3)c(F)c2)C(=O)N1. The van der Waals surface area contributed by atoms with E-state index in [0.717, 1.165) is 84.0 Å². The lowest BCUT2D eigenvalue weighted by atomic mass is 9.89. The summed E-state index contributed by atoms with van der Waals surface area (Å²) in [5.41, 5.74) is 2.38. The molecule has 14 nitrogen and oxygen atoms in total. The van der Waals surface area contributed by atoms with Crippen LogP contribution in [-0.2, 0) is 19.1 Å². The standard InChI is InChI=1S/C42H51F2N9O5/c43-33-24-30(46-35-10-12-37(54)49-40(35)56)9-11-36(33)52-20-15-31(16-21-52)51-18-13-26(14-19-51)39(55)47-28-5-7-29(8-6-28)48-41-45-25-34(44)38(50-41)27-3-1-4-32(23-27)53-17-2-22-58-42(53)57/h1,3-4,9,11,23-26,28-29,31,35,46H,2,5-8,10,12-22H2,(H,47,55)(H,45,48,50)(H,49,54,56)/t28-,29-,35?. The largest absolute Gasteiger partial charge is 0.449 e. The second kappa shape index (κ2) is 17.6. The van der Waals surface area contributed by atoms with Crippen molar-refractivity contribution < 1.29 is 32.7 Å². The van der Waals surface area contributed by atoms with E-state index in [1.54, 1.807) is 41.3 Å². The summed E-state index contributed by atoms with van der Waals surface area (Å²) in [6.07, 6.45) is 8.84. The molecular formula is C42H51F2N9O5. The van der Waals surface area contributed by atoms with Crippen LogP contribution >= 0.6 is 0 Å². The minimum absolute atomic E-state index is 0.0151. The van der Waals surface area contributed by atoms with Crippen LogP contribution < -0.4 is 31.1 Å². The zero-order valence-electron chi connectivity index (χ0n) is 32.6. The van der Waals surface area contributed by atoms with E-state index in [1.807, 2.05) is 0 Å². The predicted molar refractivity (Wildman–Crippen MR) is 214 cm³/mol. The highest BCUT2D eigenvalue weighted by atomic mass is 19.1. The maximum absolute atomic E-state index is 15.2. The van der Waals surface area contributed by atoms with Crippen molar-refractivity contribution in [2.24, 2.45) is 5.92 Å². The minimum atomic E-state index is -0.563. The number of piperidine rings is 3. The van der Waals surface area contributed by atoms with Crippen molar-refractivity contribution in [2.45, 2.75) is 94.8 Å². The summed E-state index contributed by atoms with van der Waals surface area (Å²) >= 11 is 0. The second-order valence-electron chi connectivity index (χ2n) is 16.1. The Bertz CT molecular complexity index is 2000. The van der Waals surface area contributed by atoms with Gasteiger partial charge in [-0.1, -0.05) is 12.1 Å². The number of imide groups is 1. The van der Waals surface area contributed by atoms with Crippen molar-refractivity contribution in [3.8, 4) is 11.3 Å². The number of benzene rings is 2. The highest BCUT2D eigenvalue weighted by Gasteiger charge is 2.33. The van der Waals surface area contributed by atoms with E-state index in [-0.39, 0.29) is 53.7 Å². The Labute approximate surface area is 336 Å². The molecule has 5 fully saturated rings. The molecule has 5 aliphatic rings. The topological polar surface area (TPSA) is 161 Å². The minimum Gasteiger partial charge on any atom is -0.449 e. The van der Waals surface area contributed by atoms with Crippen molar-refractivity contribution >= 4 is 46.8 Å². The number of aromatic nitrogens is 2. The van der Waals surface area contributed by atoms with E-state index < -0.39 is 18.0 Å². The number of amides is 4. The molecule has 1 aliphatic carbocycles. The van der Waals surface area contributed by atoms with Gasteiger partial charge in [0.1, 0.15) is 17.6 Å². The fourth-order valence-electron chi connectivity index (χ4n) is 9.01. The van der Waals surface area contributed by atoms with Crippen molar-refractivity contribution in [2.75, 3.05) is 59.8 Å². The van der Waals surface area contributed by atoms with E-state index in [4.69, 9.17) is 4.74 Å². The third-order valence-corrected chi connectivity index (χ3v) is 12.3. The molecule has 1 unspecified atom stereocenters. The maximum atomic E-state index is 15.2. The Morgan fingerprint density at radius 1 is 0.828 bits per heavy atom. The summed E-state index contributed by atoms with van der Waals surface area (Å²) in [6.45, 7) is 4.13. The zero-order chi connectivity index (χ0) is 40.2. The van der Waals surface area contributed by atoms with E-state index in [2.05, 4.69) is 41.0 Å². The van der Waals surface area contributed by atoms with E-state index in [1.165, 1.54) is 12.3 Å². The zero-order valence-corrected chi connectivity index (χ0v) is 32.6. The van der Waals surface area contributed by atoms with Crippen LogP contribution in [0.5, 0.6) is 0 Å². The van der Waals surface area contributed by atoms with E-state index in [0.29, 0.717) is 54.2 Å². The number of ether oxygens (including phenoxy) is 1. The highest BCUT2D eigenvalue weighted by Crippen LogP contribution is 2.32. The summed E-state index contributed by atoms with van der Waals surface area (Å²) < 4.78 is 35.4. The molecule has 1 atom stereocenters. The Morgan fingerprint density at radius 3 is 2.34 bits per heavy atom. The molecule has 4 aliphatic heterocycles. The first-order valence-electron chi connectivity index (χ1n) is 20.7. The lowest BCUT2D eigenvalue weighted by Crippen LogP contribution is -2.50. The number of anilines is 4. The number of likely N-dealkylation sites (tertiary alicyclic amines) is 1. The summed E-state index contributed by atoms with van der Waals surface area (Å²) in [5.74, 6) is -1.12. The first kappa shape index (κ1) is 39.4. The number of rotatable bonds is 10. The molecule has 0 bridgehead atoms. The molecular weight excluding hydrogens is 749 g/mol. The summed E-state index contributed by atoms with van der Waals surface area (Å²) in [7, 11) is 0. The molecule has 4 amide bonds. The van der Waals surface area contributed by atoms with Crippen LogP contribution in [0.2, 0.25) is 0 Å². The summed E-state index contributed by atoms with van der Waals surface area (Å²) in [6, 6.07) is 12.0. The Morgan fingerprint density at radius 2 is 1.60 bits per heavy atom. The van der Waals surface area contributed by atoms with Crippen molar-refractivity contribution in [3.63, 3.8) is 0 Å². The Hall–Kier alpha value is -5.38. The average molecular weight is 800 g/mol. The van der Waals surface area contributed by atoms with Crippen LogP contribution in [-0.4, -0.2) is 102 Å². The fourth-order valence-corrected chi connectivity index (χ4v) is 9.01. The number of carbonyl (C=O) groups excluding carboxylic acids is 4. The number of cyclic esters (lactones) is 1. The van der Waals surface area contributed by atoms with Crippen molar-refractivity contribution in [3.05, 3.63) is 60.3 Å². The molecule has 1 aromatic heterocycles. The number of nitrogens with one attached hydrogen (secondary N) is 4. The van der Waals surface area contributed by atoms with E-state index in [9.17, 15) is 23.6 Å². The summed E-state index contributed by atoms with van der Waals surface area (Å²) in [4.78, 5) is 64.0. The van der Waals surface area contributed by atoms with Gasteiger partial charge in [0.2, 0.25) is 23.7 Å². The van der Waals surface area contributed by atoms with Gasteiger partial charge >= 0.3 is 6.09 Å². The van der Waals surface area contributed by atoms with Gasteiger partial charge in [0, 0.05) is 67.0 Å². The van der Waals surface area contributed by atoms with Gasteiger partial charge in [-0.15, -0.1) is 0 Å². The molecule has 2 aromatic carbocycles. The molecule has 0 radical (unpaired) electrons. The second-order valence-corrected chi connectivity index (χ2v) is 16.1. The van der Waals surface area contributed by atoms with Crippen molar-refractivity contribution in [1.82, 2.24) is 25.5 Å². The number of nitrogens with zero attached hydrogens (tertiary/aromatic N) is 5. The van der Waals surface area contributed by atoms with Crippen LogP contribution in [0, 0.1) is 17.6 Å². The van der Waals surface area contributed by atoms with Crippen LogP contribution in [0.1, 0.15) is 70.6 Å². The number of carbonyl (C=O) groups is 4. The molecule has 0 spiro atoms. The van der Waals surface area contributed by atoms with Crippen LogP contribution in [0.4, 0.5) is 36.6 Å². The molecule has 4 saturated heterocycles. The third kappa shape index (κ3) is 9.16. The van der Waals surface area contributed by atoms with Gasteiger partial charge in [-0.25, -0.2) is 23.5 Å². The Balaban J connectivity index is 0.754. The fraction of sp³-hybridized carbons (Fsp3) is 0.524. The Kier molecular flexibility index (Phi) is 12.0. The molecule has 1 saturated carbocycles. The molecule has 8 rings (SSSR count). The molecule has 5 heterocycles. The summed E-state index contributed by atoms with van der Waals surface area (Å²) in [5, 5.41) is 12.1. The van der Waals surface area contributed by atoms with E-state index >= 15 is 4.39 Å². The normalized spacial score (nSPS) is 23.9. The van der Waals surface area contributed by atoms with Crippen LogP contribution in [0.25, 0.3) is 11.3 Å². The van der Waals surface area contributed by atoms with Crippen LogP contribution in [0.3, 0.4) is 0 Å². The molecule has 3 aromatic rings. The van der Waals surface area contributed by atoms with Crippen LogP contribution in [0.15, 0.2) is 48.7 Å². The van der Waals surface area contributed by atoms with Gasteiger partial charge in [-0.05, 0) is 108 Å². The predicted octanol–water partition coefficient (Wildman–Crippen LogP) is 5.21. The van der Waals surface area contributed by atoms with Crippen molar-refractivity contribution in [1.29, 1.82) is 0 Å². The first-order valence-corrected chi connectivity index (χ1v) is 20.7.